The van der Waals surface area contributed by atoms with Crippen molar-refractivity contribution in [3.8, 4) is 6.07 Å². The van der Waals surface area contributed by atoms with E-state index < -0.39 is 0 Å². The van der Waals surface area contributed by atoms with Crippen LogP contribution in [0.15, 0.2) is 6.07 Å². The van der Waals surface area contributed by atoms with Crippen molar-refractivity contribution in [2.75, 3.05) is 18.6 Å². The van der Waals surface area contributed by atoms with Crippen LogP contribution in [-0.4, -0.2) is 30.8 Å². The Kier molecular flexibility index (Phi) is 3.53. The number of nitrogens with zero attached hydrogens (tertiary/aromatic N) is 3. The molecule has 4 heteroatoms. The first-order chi connectivity index (χ1) is 8.54. The van der Waals surface area contributed by atoms with E-state index in [1.54, 1.807) is 0 Å². The maximum absolute atomic E-state index is 9.30. The van der Waals surface area contributed by atoms with Crippen molar-refractivity contribution < 1.29 is 4.74 Å². The Bertz CT molecular complexity index is 493. The van der Waals surface area contributed by atoms with Crippen molar-refractivity contribution in [3.63, 3.8) is 0 Å². The number of hydrogen-bond donors (Lipinski definition) is 0. The summed E-state index contributed by atoms with van der Waals surface area (Å²) in [6.45, 7) is 6.77. The Morgan fingerprint density at radius 2 is 2.22 bits per heavy atom. The summed E-state index contributed by atoms with van der Waals surface area (Å²) in [5, 5.41) is 9.30. The second-order valence-corrected chi connectivity index (χ2v) is 4.93. The van der Waals surface area contributed by atoms with E-state index in [1.807, 2.05) is 27.0 Å². The van der Waals surface area contributed by atoms with Gasteiger partial charge in [-0.3, -0.25) is 0 Å². The highest BCUT2D eigenvalue weighted by Crippen LogP contribution is 2.27. The van der Waals surface area contributed by atoms with Gasteiger partial charge in [-0.1, -0.05) is 0 Å². The highest BCUT2D eigenvalue weighted by molar-refractivity contribution is 5.58. The molecule has 4 nitrogen and oxygen atoms in total. The van der Waals surface area contributed by atoms with Crippen molar-refractivity contribution in [2.24, 2.45) is 0 Å². The molecule has 1 aromatic rings. The number of anilines is 1. The van der Waals surface area contributed by atoms with Crippen molar-refractivity contribution in [2.45, 2.75) is 39.3 Å². The molecule has 1 aliphatic heterocycles. The molecule has 2 atom stereocenters. The second-order valence-electron chi connectivity index (χ2n) is 4.93. The first-order valence-electron chi connectivity index (χ1n) is 6.27. The van der Waals surface area contributed by atoms with Gasteiger partial charge in [-0.2, -0.15) is 5.26 Å². The molecule has 2 unspecified atom stereocenters. The molecule has 1 fully saturated rings. The van der Waals surface area contributed by atoms with Gasteiger partial charge in [0.05, 0.1) is 17.7 Å². The van der Waals surface area contributed by atoms with Crippen LogP contribution in [0.2, 0.25) is 0 Å². The highest BCUT2D eigenvalue weighted by atomic mass is 16.5. The van der Waals surface area contributed by atoms with Crippen molar-refractivity contribution in [1.29, 1.82) is 5.26 Å². The maximum Gasteiger partial charge on any atom is 0.147 e. The Morgan fingerprint density at radius 1 is 1.50 bits per heavy atom. The summed E-state index contributed by atoms with van der Waals surface area (Å²) in [4.78, 5) is 6.63. The molecule has 0 N–H and O–H groups in total. The third kappa shape index (κ3) is 2.19. The van der Waals surface area contributed by atoms with Crippen molar-refractivity contribution in [3.05, 3.63) is 22.9 Å². The Balaban J connectivity index is 2.41. The molecular formula is C14H19N3O. The molecule has 2 rings (SSSR count). The lowest BCUT2D eigenvalue weighted by molar-refractivity contribution is 0.118. The second kappa shape index (κ2) is 4.95. The number of rotatable bonds is 2. The first-order valence-corrected chi connectivity index (χ1v) is 6.27. The molecule has 0 bridgehead atoms. The van der Waals surface area contributed by atoms with Crippen LogP contribution >= 0.6 is 0 Å². The summed E-state index contributed by atoms with van der Waals surface area (Å²) >= 11 is 0. The van der Waals surface area contributed by atoms with Crippen LogP contribution in [0.4, 0.5) is 5.82 Å². The standard InChI is InChI=1S/C14H19N3O/c1-9-7-10(2)16-14(12(9)8-15)17(4)13-5-6-18-11(13)3/h7,11,13H,5-6H2,1-4H3. The normalized spacial score (nSPS) is 22.8. The summed E-state index contributed by atoms with van der Waals surface area (Å²) in [6.07, 6.45) is 1.17. The molecule has 0 amide bonds. The molecular weight excluding hydrogens is 226 g/mol. The third-order valence-electron chi connectivity index (χ3n) is 3.61. The number of aryl methyl sites for hydroxylation is 2. The zero-order valence-electron chi connectivity index (χ0n) is 11.4. The van der Waals surface area contributed by atoms with Crippen LogP contribution in [0.1, 0.15) is 30.2 Å². The molecule has 0 spiro atoms. The van der Waals surface area contributed by atoms with Gasteiger partial charge >= 0.3 is 0 Å². The van der Waals surface area contributed by atoms with E-state index in [1.165, 1.54) is 0 Å². The Morgan fingerprint density at radius 3 is 2.78 bits per heavy atom. The van der Waals surface area contributed by atoms with Gasteiger partial charge in [0, 0.05) is 19.3 Å². The van der Waals surface area contributed by atoms with E-state index in [0.29, 0.717) is 11.6 Å². The largest absolute Gasteiger partial charge is 0.376 e. The van der Waals surface area contributed by atoms with Gasteiger partial charge in [0.2, 0.25) is 0 Å². The first kappa shape index (κ1) is 12.8. The molecule has 0 saturated carbocycles. The van der Waals surface area contributed by atoms with Crippen LogP contribution in [0.5, 0.6) is 0 Å². The average Bonchev–Trinajstić information content (AvgIpc) is 2.73. The monoisotopic (exact) mass is 245 g/mol. The SMILES string of the molecule is Cc1cc(C)c(C#N)c(N(C)C2CCOC2C)n1. The number of aromatic nitrogens is 1. The summed E-state index contributed by atoms with van der Waals surface area (Å²) in [6, 6.07) is 4.51. The van der Waals surface area contributed by atoms with Gasteiger partial charge in [-0.25, -0.2) is 4.98 Å². The summed E-state index contributed by atoms with van der Waals surface area (Å²) in [5.41, 5.74) is 2.60. The lowest BCUT2D eigenvalue weighted by Gasteiger charge is -2.29. The summed E-state index contributed by atoms with van der Waals surface area (Å²) in [7, 11) is 2.00. The number of hydrogen-bond acceptors (Lipinski definition) is 4. The van der Waals surface area contributed by atoms with Crippen LogP contribution in [0.3, 0.4) is 0 Å². The summed E-state index contributed by atoms with van der Waals surface area (Å²) < 4.78 is 5.59. The van der Waals surface area contributed by atoms with E-state index in [0.717, 1.165) is 30.1 Å². The minimum Gasteiger partial charge on any atom is -0.376 e. The van der Waals surface area contributed by atoms with Gasteiger partial charge in [0.1, 0.15) is 11.9 Å². The van der Waals surface area contributed by atoms with E-state index in [-0.39, 0.29) is 6.10 Å². The molecule has 1 aromatic heterocycles. The number of likely N-dealkylation sites (N-methyl/N-ethyl adjacent to an activating group) is 1. The number of pyridine rings is 1. The molecule has 0 aromatic carbocycles. The Labute approximate surface area is 108 Å². The zero-order valence-corrected chi connectivity index (χ0v) is 11.4. The van der Waals surface area contributed by atoms with Gasteiger partial charge < -0.3 is 9.64 Å². The van der Waals surface area contributed by atoms with Gasteiger partial charge in [0.25, 0.3) is 0 Å². The highest BCUT2D eigenvalue weighted by Gasteiger charge is 2.30. The number of ether oxygens (including phenoxy) is 1. The molecule has 96 valence electrons. The van der Waals surface area contributed by atoms with Gasteiger partial charge in [-0.15, -0.1) is 0 Å². The van der Waals surface area contributed by atoms with Gasteiger partial charge in [-0.05, 0) is 38.8 Å². The Hall–Kier alpha value is -1.60. The average molecular weight is 245 g/mol. The molecule has 2 heterocycles. The minimum absolute atomic E-state index is 0.184. The quantitative estimate of drug-likeness (QED) is 0.801. The van der Waals surface area contributed by atoms with E-state index in [9.17, 15) is 5.26 Å². The smallest absolute Gasteiger partial charge is 0.147 e. The fourth-order valence-electron chi connectivity index (χ4n) is 2.60. The van der Waals surface area contributed by atoms with Crippen LogP contribution in [0.25, 0.3) is 0 Å². The topological polar surface area (TPSA) is 49.2 Å². The minimum atomic E-state index is 0.184. The van der Waals surface area contributed by atoms with Gasteiger partial charge in [0.15, 0.2) is 0 Å². The van der Waals surface area contributed by atoms with Crippen LogP contribution in [-0.2, 0) is 4.74 Å². The fraction of sp³-hybridized carbons (Fsp3) is 0.571. The van der Waals surface area contributed by atoms with E-state index in [2.05, 4.69) is 22.9 Å². The molecule has 18 heavy (non-hydrogen) atoms. The molecule has 1 saturated heterocycles. The summed E-state index contributed by atoms with van der Waals surface area (Å²) in [5.74, 6) is 0.775. The van der Waals surface area contributed by atoms with E-state index >= 15 is 0 Å². The predicted molar refractivity (Wildman–Crippen MR) is 70.6 cm³/mol. The van der Waals surface area contributed by atoms with Crippen LogP contribution in [0, 0.1) is 25.2 Å². The lowest BCUT2D eigenvalue weighted by atomic mass is 10.1. The molecule has 0 radical (unpaired) electrons. The fourth-order valence-corrected chi connectivity index (χ4v) is 2.60. The third-order valence-corrected chi connectivity index (χ3v) is 3.61. The van der Waals surface area contributed by atoms with Crippen molar-refractivity contribution in [1.82, 2.24) is 4.98 Å². The number of nitriles is 1. The maximum atomic E-state index is 9.30. The predicted octanol–water partition coefficient (Wildman–Crippen LogP) is 2.18. The molecule has 0 aliphatic carbocycles. The van der Waals surface area contributed by atoms with Crippen molar-refractivity contribution >= 4 is 5.82 Å². The van der Waals surface area contributed by atoms with Crippen LogP contribution < -0.4 is 4.90 Å². The van der Waals surface area contributed by atoms with E-state index in [4.69, 9.17) is 4.74 Å². The zero-order chi connectivity index (χ0) is 13.3. The molecule has 1 aliphatic rings. The lowest BCUT2D eigenvalue weighted by Crippen LogP contribution is -2.38.